The van der Waals surface area contributed by atoms with Crippen LogP contribution in [0.15, 0.2) is 22.8 Å². The zero-order chi connectivity index (χ0) is 21.1. The van der Waals surface area contributed by atoms with Crippen molar-refractivity contribution in [1.29, 1.82) is 0 Å². The van der Waals surface area contributed by atoms with E-state index in [1.54, 1.807) is 24.3 Å². The number of esters is 1. The fraction of sp³-hybridized carbons (Fsp3) is 0.478. The van der Waals surface area contributed by atoms with Gasteiger partial charge >= 0.3 is 5.97 Å². The van der Waals surface area contributed by atoms with E-state index in [4.69, 9.17) is 13.9 Å². The highest BCUT2D eigenvalue weighted by Gasteiger charge is 2.27. The normalized spacial score (nSPS) is 15.6. The van der Waals surface area contributed by atoms with Gasteiger partial charge in [-0.15, -0.1) is 0 Å². The Morgan fingerprint density at radius 3 is 2.59 bits per heavy atom. The topological polar surface area (TPSA) is 69.0 Å². The van der Waals surface area contributed by atoms with Gasteiger partial charge in [-0.1, -0.05) is 0 Å². The number of methoxy groups -OCH3 is 1. The first-order chi connectivity index (χ1) is 13.9. The van der Waals surface area contributed by atoms with Crippen molar-refractivity contribution >= 4 is 28.4 Å². The number of carbonyl (C=O) groups excluding carboxylic acids is 2. The number of allylic oxidation sites excluding steroid dienone is 1. The van der Waals surface area contributed by atoms with E-state index in [0.29, 0.717) is 32.5 Å². The summed E-state index contributed by atoms with van der Waals surface area (Å²) in [5.74, 6) is 0.400. The molecule has 0 spiro atoms. The summed E-state index contributed by atoms with van der Waals surface area (Å²) in [5, 5.41) is 1.02. The number of aryl methyl sites for hydroxylation is 2. The summed E-state index contributed by atoms with van der Waals surface area (Å²) < 4.78 is 16.4. The number of furan rings is 1. The fourth-order valence-corrected chi connectivity index (χ4v) is 3.94. The standard InChI is InChI=1S/C23H29NO5/c1-6-28-23(26)17-7-9-24(10-8-17)20(25)11-14(2)18-12-19-15(3)13-29-22(19)16(4)21(18)27-5/h11-13,17H,6-10H2,1-5H3/b14-11+. The molecule has 1 aliphatic rings. The van der Waals surface area contributed by atoms with Gasteiger partial charge < -0.3 is 18.8 Å². The maximum Gasteiger partial charge on any atom is 0.309 e. The maximum atomic E-state index is 12.8. The first-order valence-corrected chi connectivity index (χ1v) is 10.1. The van der Waals surface area contributed by atoms with Crippen LogP contribution < -0.4 is 4.74 Å². The summed E-state index contributed by atoms with van der Waals surface area (Å²) in [6.45, 7) is 9.19. The lowest BCUT2D eigenvalue weighted by Gasteiger charge is -2.30. The van der Waals surface area contributed by atoms with Crippen LogP contribution in [-0.2, 0) is 14.3 Å². The summed E-state index contributed by atoms with van der Waals surface area (Å²) in [4.78, 5) is 26.5. The Morgan fingerprint density at radius 1 is 1.28 bits per heavy atom. The maximum absolute atomic E-state index is 12.8. The van der Waals surface area contributed by atoms with Crippen LogP contribution in [0.2, 0.25) is 0 Å². The zero-order valence-corrected chi connectivity index (χ0v) is 17.8. The molecule has 0 bridgehead atoms. The summed E-state index contributed by atoms with van der Waals surface area (Å²) in [6.07, 6.45) is 4.67. The number of likely N-dealkylation sites (tertiary alicyclic amines) is 1. The van der Waals surface area contributed by atoms with Crippen LogP contribution >= 0.6 is 0 Å². The molecule has 0 N–H and O–H groups in total. The summed E-state index contributed by atoms with van der Waals surface area (Å²) in [6, 6.07) is 2.02. The number of ether oxygens (including phenoxy) is 2. The van der Waals surface area contributed by atoms with E-state index in [2.05, 4.69) is 0 Å². The second kappa shape index (κ2) is 8.72. The molecule has 1 fully saturated rings. The zero-order valence-electron chi connectivity index (χ0n) is 17.8. The van der Waals surface area contributed by atoms with Gasteiger partial charge in [0.1, 0.15) is 11.3 Å². The van der Waals surface area contributed by atoms with Crippen LogP contribution in [0.1, 0.15) is 43.4 Å². The van der Waals surface area contributed by atoms with Crippen molar-refractivity contribution in [3.8, 4) is 5.75 Å². The molecule has 3 rings (SSSR count). The molecular formula is C23H29NO5. The van der Waals surface area contributed by atoms with Crippen LogP contribution in [0.5, 0.6) is 5.75 Å². The fourth-order valence-electron chi connectivity index (χ4n) is 3.94. The molecule has 0 unspecified atom stereocenters. The molecular weight excluding hydrogens is 370 g/mol. The van der Waals surface area contributed by atoms with Crippen LogP contribution in [-0.4, -0.2) is 43.6 Å². The molecule has 2 aromatic rings. The number of nitrogens with zero attached hydrogens (tertiary/aromatic N) is 1. The van der Waals surface area contributed by atoms with E-state index in [1.807, 2.05) is 33.8 Å². The minimum atomic E-state index is -0.157. The molecule has 1 aromatic heterocycles. The molecule has 2 heterocycles. The first-order valence-electron chi connectivity index (χ1n) is 10.1. The Hall–Kier alpha value is -2.76. The van der Waals surface area contributed by atoms with Gasteiger partial charge in [0.25, 0.3) is 0 Å². The molecule has 1 saturated heterocycles. The molecule has 6 nitrogen and oxygen atoms in total. The molecule has 6 heteroatoms. The number of rotatable bonds is 5. The summed E-state index contributed by atoms with van der Waals surface area (Å²) in [5.41, 5.74) is 4.50. The van der Waals surface area contributed by atoms with Crippen molar-refractivity contribution < 1.29 is 23.5 Å². The summed E-state index contributed by atoms with van der Waals surface area (Å²) in [7, 11) is 1.63. The monoisotopic (exact) mass is 399 g/mol. The van der Waals surface area contributed by atoms with Gasteiger partial charge in [-0.3, -0.25) is 9.59 Å². The minimum Gasteiger partial charge on any atom is -0.496 e. The average Bonchev–Trinajstić information content (AvgIpc) is 3.09. The molecule has 0 saturated carbocycles. The Balaban J connectivity index is 1.80. The van der Waals surface area contributed by atoms with Gasteiger partial charge in [0, 0.05) is 35.7 Å². The van der Waals surface area contributed by atoms with Crippen LogP contribution in [0.25, 0.3) is 16.5 Å². The van der Waals surface area contributed by atoms with E-state index in [1.165, 1.54) is 0 Å². The second-order valence-corrected chi connectivity index (χ2v) is 7.56. The minimum absolute atomic E-state index is 0.0477. The van der Waals surface area contributed by atoms with Crippen molar-refractivity contribution in [2.75, 3.05) is 26.8 Å². The van der Waals surface area contributed by atoms with Gasteiger partial charge in [-0.25, -0.2) is 0 Å². The van der Waals surface area contributed by atoms with Crippen molar-refractivity contribution in [3.63, 3.8) is 0 Å². The number of fused-ring (bicyclic) bond motifs is 1. The third-order valence-corrected chi connectivity index (χ3v) is 5.63. The van der Waals surface area contributed by atoms with E-state index >= 15 is 0 Å². The van der Waals surface area contributed by atoms with E-state index < -0.39 is 0 Å². The number of hydrogen-bond acceptors (Lipinski definition) is 5. The van der Waals surface area contributed by atoms with E-state index in [9.17, 15) is 9.59 Å². The van der Waals surface area contributed by atoms with Crippen LogP contribution in [0, 0.1) is 19.8 Å². The third-order valence-electron chi connectivity index (χ3n) is 5.63. The van der Waals surface area contributed by atoms with Crippen LogP contribution in [0.4, 0.5) is 0 Å². The molecule has 0 atom stereocenters. The molecule has 156 valence electrons. The Kier molecular flexibility index (Phi) is 6.30. The smallest absolute Gasteiger partial charge is 0.309 e. The number of hydrogen-bond donors (Lipinski definition) is 0. The highest BCUT2D eigenvalue weighted by Crippen LogP contribution is 2.37. The second-order valence-electron chi connectivity index (χ2n) is 7.56. The molecule has 1 aliphatic heterocycles. The summed E-state index contributed by atoms with van der Waals surface area (Å²) >= 11 is 0. The Labute approximate surface area is 171 Å². The quantitative estimate of drug-likeness (QED) is 0.555. The predicted molar refractivity (Wildman–Crippen MR) is 112 cm³/mol. The van der Waals surface area contributed by atoms with E-state index in [-0.39, 0.29) is 17.8 Å². The van der Waals surface area contributed by atoms with Gasteiger partial charge in [-0.2, -0.15) is 0 Å². The molecule has 0 radical (unpaired) electrons. The molecule has 0 aliphatic carbocycles. The largest absolute Gasteiger partial charge is 0.496 e. The van der Waals surface area contributed by atoms with Gasteiger partial charge in [0.05, 0.1) is 25.9 Å². The van der Waals surface area contributed by atoms with Crippen molar-refractivity contribution in [2.24, 2.45) is 5.92 Å². The predicted octanol–water partition coefficient (Wildman–Crippen LogP) is 4.26. The third kappa shape index (κ3) is 4.16. The van der Waals surface area contributed by atoms with Gasteiger partial charge in [0.15, 0.2) is 0 Å². The number of piperidine rings is 1. The van der Waals surface area contributed by atoms with Crippen LogP contribution in [0.3, 0.4) is 0 Å². The molecule has 1 aromatic carbocycles. The number of benzene rings is 1. The molecule has 29 heavy (non-hydrogen) atoms. The van der Waals surface area contributed by atoms with Crippen molar-refractivity contribution in [2.45, 2.75) is 40.5 Å². The Morgan fingerprint density at radius 2 is 1.97 bits per heavy atom. The van der Waals surface area contributed by atoms with Crippen molar-refractivity contribution in [3.05, 3.63) is 35.1 Å². The van der Waals surface area contributed by atoms with Gasteiger partial charge in [-0.05, 0) is 57.7 Å². The van der Waals surface area contributed by atoms with E-state index in [0.717, 1.165) is 39.0 Å². The SMILES string of the molecule is CCOC(=O)C1CCN(C(=O)/C=C(\C)c2cc3c(C)coc3c(C)c2OC)CC1. The lowest BCUT2D eigenvalue weighted by Crippen LogP contribution is -2.40. The number of amides is 1. The first kappa shape index (κ1) is 21.0. The number of carbonyl (C=O) groups is 2. The lowest BCUT2D eigenvalue weighted by molar-refractivity contribution is -0.150. The van der Waals surface area contributed by atoms with Gasteiger partial charge in [0.2, 0.25) is 5.91 Å². The highest BCUT2D eigenvalue weighted by molar-refractivity contribution is 5.98. The van der Waals surface area contributed by atoms with Crippen molar-refractivity contribution in [1.82, 2.24) is 4.90 Å². The average molecular weight is 399 g/mol. The highest BCUT2D eigenvalue weighted by atomic mass is 16.5. The molecule has 1 amide bonds. The lowest BCUT2D eigenvalue weighted by atomic mass is 9.96. The Bertz CT molecular complexity index is 948.